The molecular formula is C9H11NO3. The van der Waals surface area contributed by atoms with Crippen LogP contribution >= 0.6 is 0 Å². The Morgan fingerprint density at radius 3 is 3.08 bits per heavy atom. The van der Waals surface area contributed by atoms with Gasteiger partial charge in [-0.1, -0.05) is 6.07 Å². The Morgan fingerprint density at radius 1 is 1.77 bits per heavy atom. The van der Waals surface area contributed by atoms with Crippen LogP contribution in [0.3, 0.4) is 0 Å². The number of ether oxygens (including phenoxy) is 1. The number of nitrogens with zero attached hydrogens (tertiary/aromatic N) is 1. The summed E-state index contributed by atoms with van der Waals surface area (Å²) in [6.45, 7) is 0. The molecule has 4 heteroatoms. The zero-order valence-electron chi connectivity index (χ0n) is 7.30. The first kappa shape index (κ1) is 9.67. The van der Waals surface area contributed by atoms with Gasteiger partial charge in [0.05, 0.1) is 19.6 Å². The van der Waals surface area contributed by atoms with Crippen molar-refractivity contribution in [3.63, 3.8) is 0 Å². The number of esters is 1. The Balaban J connectivity index is 2.59. The van der Waals surface area contributed by atoms with E-state index in [2.05, 4.69) is 9.72 Å². The highest BCUT2D eigenvalue weighted by Gasteiger charge is 2.12. The lowest BCUT2D eigenvalue weighted by Gasteiger charge is -2.07. The molecule has 0 fully saturated rings. The molecule has 0 bridgehead atoms. The van der Waals surface area contributed by atoms with Crippen LogP contribution in [0.5, 0.6) is 0 Å². The fourth-order valence-electron chi connectivity index (χ4n) is 0.932. The summed E-state index contributed by atoms with van der Waals surface area (Å²) in [5.41, 5.74) is 0.618. The molecule has 1 N–H and O–H groups in total. The van der Waals surface area contributed by atoms with E-state index in [9.17, 15) is 9.90 Å². The van der Waals surface area contributed by atoms with E-state index in [4.69, 9.17) is 0 Å². The van der Waals surface area contributed by atoms with Crippen molar-refractivity contribution in [2.45, 2.75) is 12.5 Å². The highest BCUT2D eigenvalue weighted by Crippen LogP contribution is 2.14. The van der Waals surface area contributed by atoms with Gasteiger partial charge in [-0.15, -0.1) is 0 Å². The SMILES string of the molecule is COC(=O)CC(O)c1cccnc1. The second-order valence-electron chi connectivity index (χ2n) is 2.58. The Hall–Kier alpha value is -1.42. The molecule has 0 aliphatic heterocycles. The molecule has 1 atom stereocenters. The van der Waals surface area contributed by atoms with E-state index in [1.807, 2.05) is 0 Å². The molecule has 0 saturated heterocycles. The van der Waals surface area contributed by atoms with Crippen LogP contribution in [0.1, 0.15) is 18.1 Å². The van der Waals surface area contributed by atoms with Gasteiger partial charge in [-0.05, 0) is 11.6 Å². The summed E-state index contributed by atoms with van der Waals surface area (Å²) in [7, 11) is 1.29. The van der Waals surface area contributed by atoms with Crippen LogP contribution in [0.2, 0.25) is 0 Å². The Bertz CT molecular complexity index is 273. The fraction of sp³-hybridized carbons (Fsp3) is 0.333. The minimum atomic E-state index is -0.832. The van der Waals surface area contributed by atoms with Crippen LogP contribution in [-0.4, -0.2) is 23.2 Å². The molecule has 1 rings (SSSR count). The maximum atomic E-state index is 10.8. The van der Waals surface area contributed by atoms with E-state index in [1.54, 1.807) is 18.3 Å². The molecule has 0 spiro atoms. The van der Waals surface area contributed by atoms with Crippen LogP contribution in [0.25, 0.3) is 0 Å². The van der Waals surface area contributed by atoms with Crippen LogP contribution in [0.4, 0.5) is 0 Å². The van der Waals surface area contributed by atoms with Crippen molar-refractivity contribution in [2.75, 3.05) is 7.11 Å². The van der Waals surface area contributed by atoms with E-state index in [0.29, 0.717) is 5.56 Å². The molecule has 70 valence electrons. The van der Waals surface area contributed by atoms with Crippen LogP contribution in [0.15, 0.2) is 24.5 Å². The highest BCUT2D eigenvalue weighted by molar-refractivity contribution is 5.69. The highest BCUT2D eigenvalue weighted by atomic mass is 16.5. The molecule has 13 heavy (non-hydrogen) atoms. The van der Waals surface area contributed by atoms with Gasteiger partial charge in [0.25, 0.3) is 0 Å². The zero-order chi connectivity index (χ0) is 9.68. The van der Waals surface area contributed by atoms with Crippen molar-refractivity contribution in [1.29, 1.82) is 0 Å². The summed E-state index contributed by atoms with van der Waals surface area (Å²) in [5.74, 6) is -0.434. The molecule has 0 amide bonds. The minimum absolute atomic E-state index is 0.0395. The third kappa shape index (κ3) is 2.83. The second kappa shape index (κ2) is 4.57. The van der Waals surface area contributed by atoms with Crippen molar-refractivity contribution in [3.05, 3.63) is 30.1 Å². The maximum Gasteiger partial charge on any atom is 0.308 e. The summed E-state index contributed by atoms with van der Waals surface area (Å²) in [4.78, 5) is 14.6. The third-order valence-electron chi connectivity index (χ3n) is 1.66. The van der Waals surface area contributed by atoms with E-state index in [-0.39, 0.29) is 6.42 Å². The van der Waals surface area contributed by atoms with Crippen molar-refractivity contribution in [2.24, 2.45) is 0 Å². The number of pyridine rings is 1. The third-order valence-corrected chi connectivity index (χ3v) is 1.66. The number of hydrogen-bond acceptors (Lipinski definition) is 4. The number of aliphatic hydroxyl groups is 1. The van der Waals surface area contributed by atoms with Gasteiger partial charge in [-0.25, -0.2) is 0 Å². The van der Waals surface area contributed by atoms with Gasteiger partial charge < -0.3 is 9.84 Å². The lowest BCUT2D eigenvalue weighted by atomic mass is 10.1. The molecule has 1 heterocycles. The number of methoxy groups -OCH3 is 1. The first-order chi connectivity index (χ1) is 6.24. The molecule has 0 aliphatic rings. The first-order valence-electron chi connectivity index (χ1n) is 3.89. The number of carbonyl (C=O) groups excluding carboxylic acids is 1. The fourth-order valence-corrected chi connectivity index (χ4v) is 0.932. The molecule has 0 saturated carbocycles. The van der Waals surface area contributed by atoms with E-state index >= 15 is 0 Å². The van der Waals surface area contributed by atoms with E-state index in [1.165, 1.54) is 13.3 Å². The van der Waals surface area contributed by atoms with Gasteiger partial charge in [0.1, 0.15) is 0 Å². The number of carbonyl (C=O) groups is 1. The molecule has 0 aromatic carbocycles. The van der Waals surface area contributed by atoms with Gasteiger partial charge in [-0.2, -0.15) is 0 Å². The maximum absolute atomic E-state index is 10.8. The largest absolute Gasteiger partial charge is 0.469 e. The lowest BCUT2D eigenvalue weighted by Crippen LogP contribution is -2.08. The van der Waals surface area contributed by atoms with Crippen molar-refractivity contribution in [1.82, 2.24) is 4.98 Å². The van der Waals surface area contributed by atoms with Gasteiger partial charge in [0, 0.05) is 12.4 Å². The summed E-state index contributed by atoms with van der Waals surface area (Å²) in [6, 6.07) is 3.41. The second-order valence-corrected chi connectivity index (χ2v) is 2.58. The molecule has 0 radical (unpaired) electrons. The van der Waals surface area contributed by atoms with Gasteiger partial charge in [-0.3, -0.25) is 9.78 Å². The van der Waals surface area contributed by atoms with Crippen molar-refractivity contribution in [3.8, 4) is 0 Å². The zero-order valence-corrected chi connectivity index (χ0v) is 7.30. The van der Waals surface area contributed by atoms with Gasteiger partial charge >= 0.3 is 5.97 Å². The average molecular weight is 181 g/mol. The molecule has 1 aromatic heterocycles. The topological polar surface area (TPSA) is 59.4 Å². The molecule has 0 aliphatic carbocycles. The lowest BCUT2D eigenvalue weighted by molar-refractivity contribution is -0.142. The number of aliphatic hydroxyl groups excluding tert-OH is 1. The summed E-state index contributed by atoms with van der Waals surface area (Å²) >= 11 is 0. The van der Waals surface area contributed by atoms with Crippen molar-refractivity contribution < 1.29 is 14.6 Å². The van der Waals surface area contributed by atoms with Gasteiger partial charge in [0.15, 0.2) is 0 Å². The number of aromatic nitrogens is 1. The predicted octanol–water partition coefficient (Wildman–Crippen LogP) is 0.678. The smallest absolute Gasteiger partial charge is 0.308 e. The van der Waals surface area contributed by atoms with E-state index in [0.717, 1.165) is 0 Å². The van der Waals surface area contributed by atoms with Crippen LogP contribution in [-0.2, 0) is 9.53 Å². The monoisotopic (exact) mass is 181 g/mol. The molecule has 1 unspecified atom stereocenters. The number of rotatable bonds is 3. The molecule has 1 aromatic rings. The summed E-state index contributed by atoms with van der Waals surface area (Å²) in [6.07, 6.45) is 2.26. The van der Waals surface area contributed by atoms with E-state index < -0.39 is 12.1 Å². The summed E-state index contributed by atoms with van der Waals surface area (Å²) < 4.78 is 4.42. The first-order valence-corrected chi connectivity index (χ1v) is 3.89. The van der Waals surface area contributed by atoms with Gasteiger partial charge in [0.2, 0.25) is 0 Å². The standard InChI is InChI=1S/C9H11NO3/c1-13-9(12)5-8(11)7-3-2-4-10-6-7/h2-4,6,8,11H,5H2,1H3. The van der Waals surface area contributed by atoms with Crippen LogP contribution in [0, 0.1) is 0 Å². The number of hydrogen-bond donors (Lipinski definition) is 1. The average Bonchev–Trinajstić information content (AvgIpc) is 2.19. The van der Waals surface area contributed by atoms with Crippen LogP contribution < -0.4 is 0 Å². The van der Waals surface area contributed by atoms with Crippen molar-refractivity contribution >= 4 is 5.97 Å². The molecular weight excluding hydrogens is 170 g/mol. The quantitative estimate of drug-likeness (QED) is 0.696. The summed E-state index contributed by atoms with van der Waals surface area (Å²) in [5, 5.41) is 9.48. The Kier molecular flexibility index (Phi) is 3.40. The predicted molar refractivity (Wildman–Crippen MR) is 45.8 cm³/mol. The normalized spacial score (nSPS) is 12.2. The Labute approximate surface area is 76.2 Å². The minimum Gasteiger partial charge on any atom is -0.469 e. The molecule has 4 nitrogen and oxygen atoms in total. The Morgan fingerprint density at radius 2 is 2.54 bits per heavy atom.